The number of nitrogens with zero attached hydrogens (tertiary/aromatic N) is 2. The van der Waals surface area contributed by atoms with Crippen LogP contribution in [0.15, 0.2) is 18.2 Å². The van der Waals surface area contributed by atoms with Gasteiger partial charge in [-0.05, 0) is 43.9 Å². The molecule has 1 N–H and O–H groups in total. The molecule has 2 atom stereocenters. The van der Waals surface area contributed by atoms with Gasteiger partial charge in [-0.1, -0.05) is 19.9 Å². The van der Waals surface area contributed by atoms with Crippen molar-refractivity contribution in [3.8, 4) is 0 Å². The zero-order valence-corrected chi connectivity index (χ0v) is 13.2. The Morgan fingerprint density at radius 2 is 2.29 bits per heavy atom. The van der Waals surface area contributed by atoms with E-state index in [9.17, 15) is 0 Å². The fourth-order valence-electron chi connectivity index (χ4n) is 3.42. The zero-order chi connectivity index (χ0) is 14.7. The molecular weight excluding hydrogens is 262 g/mol. The van der Waals surface area contributed by atoms with Crippen LogP contribution in [-0.2, 0) is 11.3 Å². The van der Waals surface area contributed by atoms with Crippen molar-refractivity contribution in [2.75, 3.05) is 24.6 Å². The Balaban J connectivity index is 1.67. The molecular formula is C17H27N3O. The van der Waals surface area contributed by atoms with Crippen molar-refractivity contribution in [3.63, 3.8) is 0 Å². The molecule has 1 aliphatic heterocycles. The van der Waals surface area contributed by atoms with Crippen molar-refractivity contribution in [1.82, 2.24) is 10.3 Å². The van der Waals surface area contributed by atoms with Gasteiger partial charge < -0.3 is 15.0 Å². The molecule has 2 unspecified atom stereocenters. The lowest BCUT2D eigenvalue weighted by atomic mass is 10.1. The number of hydrogen-bond donors (Lipinski definition) is 1. The van der Waals surface area contributed by atoms with Crippen LogP contribution in [0, 0.1) is 5.92 Å². The normalized spacial score (nSPS) is 25.4. The van der Waals surface area contributed by atoms with Gasteiger partial charge in [0.2, 0.25) is 0 Å². The molecule has 3 rings (SSSR count). The highest BCUT2D eigenvalue weighted by molar-refractivity contribution is 5.42. The van der Waals surface area contributed by atoms with Crippen LogP contribution in [0.3, 0.4) is 0 Å². The number of hydrogen-bond acceptors (Lipinski definition) is 4. The molecule has 1 aliphatic carbocycles. The summed E-state index contributed by atoms with van der Waals surface area (Å²) >= 11 is 0. The summed E-state index contributed by atoms with van der Waals surface area (Å²) in [6.45, 7) is 8.14. The van der Waals surface area contributed by atoms with Gasteiger partial charge in [0.15, 0.2) is 0 Å². The van der Waals surface area contributed by atoms with Gasteiger partial charge in [-0.3, -0.25) is 0 Å². The van der Waals surface area contributed by atoms with Gasteiger partial charge >= 0.3 is 0 Å². The molecule has 0 aromatic carbocycles. The second kappa shape index (κ2) is 6.75. The molecule has 0 amide bonds. The van der Waals surface area contributed by atoms with Gasteiger partial charge in [0.1, 0.15) is 5.82 Å². The third-order valence-corrected chi connectivity index (χ3v) is 4.43. The van der Waals surface area contributed by atoms with Gasteiger partial charge in [-0.25, -0.2) is 4.98 Å². The minimum atomic E-state index is 0.420. The van der Waals surface area contributed by atoms with Crippen LogP contribution in [0.5, 0.6) is 0 Å². The fourth-order valence-corrected chi connectivity index (χ4v) is 3.42. The predicted octanol–water partition coefficient (Wildman–Crippen LogP) is 2.58. The number of morpholine rings is 1. The molecule has 1 saturated heterocycles. The zero-order valence-electron chi connectivity index (χ0n) is 13.2. The Morgan fingerprint density at radius 3 is 3.14 bits per heavy atom. The van der Waals surface area contributed by atoms with Crippen molar-refractivity contribution in [2.45, 2.75) is 51.8 Å². The number of aromatic nitrogens is 1. The molecule has 2 fully saturated rings. The van der Waals surface area contributed by atoms with E-state index < -0.39 is 0 Å². The highest BCUT2D eigenvalue weighted by Crippen LogP contribution is 2.32. The van der Waals surface area contributed by atoms with E-state index in [1.54, 1.807) is 0 Å². The van der Waals surface area contributed by atoms with Gasteiger partial charge in [-0.2, -0.15) is 0 Å². The van der Waals surface area contributed by atoms with E-state index in [0.29, 0.717) is 18.1 Å². The first-order valence-electron chi connectivity index (χ1n) is 8.29. The van der Waals surface area contributed by atoms with Crippen LogP contribution in [0.1, 0.15) is 38.8 Å². The highest BCUT2D eigenvalue weighted by Gasteiger charge is 2.36. The molecule has 1 saturated carbocycles. The first-order chi connectivity index (χ1) is 10.2. The van der Waals surface area contributed by atoms with E-state index in [0.717, 1.165) is 37.8 Å². The fraction of sp³-hybridized carbons (Fsp3) is 0.706. The maximum Gasteiger partial charge on any atom is 0.129 e. The summed E-state index contributed by atoms with van der Waals surface area (Å²) in [6, 6.07) is 6.93. The first kappa shape index (κ1) is 14.8. The van der Waals surface area contributed by atoms with Gasteiger partial charge in [-0.15, -0.1) is 0 Å². The average Bonchev–Trinajstić information content (AvgIpc) is 2.95. The molecule has 116 valence electrons. The standard InChI is InChI=1S/C17H27N3O/c1-13(2)11-18-12-14-5-3-8-17(19-14)20-9-10-21-16-7-4-6-15(16)20/h3,5,8,13,15-16,18H,4,6-7,9-12H2,1-2H3. The monoisotopic (exact) mass is 289 g/mol. The van der Waals surface area contributed by atoms with Gasteiger partial charge in [0, 0.05) is 13.1 Å². The molecule has 0 spiro atoms. The van der Waals surface area contributed by atoms with Crippen LogP contribution in [0.2, 0.25) is 0 Å². The molecule has 1 aromatic heterocycles. The van der Waals surface area contributed by atoms with E-state index >= 15 is 0 Å². The number of ether oxygens (including phenoxy) is 1. The van der Waals surface area contributed by atoms with Gasteiger partial charge in [0.05, 0.1) is 24.4 Å². The van der Waals surface area contributed by atoms with Crippen LogP contribution in [0.25, 0.3) is 0 Å². The highest BCUT2D eigenvalue weighted by atomic mass is 16.5. The molecule has 2 aliphatic rings. The van der Waals surface area contributed by atoms with E-state index in [4.69, 9.17) is 9.72 Å². The smallest absolute Gasteiger partial charge is 0.129 e. The Bertz CT molecular complexity index is 463. The number of anilines is 1. The number of fused-ring (bicyclic) bond motifs is 1. The topological polar surface area (TPSA) is 37.4 Å². The summed E-state index contributed by atoms with van der Waals surface area (Å²) in [4.78, 5) is 7.33. The SMILES string of the molecule is CC(C)CNCc1cccc(N2CCOC3CCCC32)n1. The minimum absolute atomic E-state index is 0.420. The van der Waals surface area contributed by atoms with E-state index in [1.807, 2.05) is 0 Å². The van der Waals surface area contributed by atoms with Crippen molar-refractivity contribution in [2.24, 2.45) is 5.92 Å². The quantitative estimate of drug-likeness (QED) is 0.904. The molecule has 2 heterocycles. The maximum absolute atomic E-state index is 5.89. The number of pyridine rings is 1. The number of rotatable bonds is 5. The second-order valence-electron chi connectivity index (χ2n) is 6.61. The van der Waals surface area contributed by atoms with Crippen molar-refractivity contribution in [1.29, 1.82) is 0 Å². The van der Waals surface area contributed by atoms with E-state index in [1.165, 1.54) is 19.3 Å². The second-order valence-corrected chi connectivity index (χ2v) is 6.61. The molecule has 21 heavy (non-hydrogen) atoms. The largest absolute Gasteiger partial charge is 0.374 e. The van der Waals surface area contributed by atoms with Crippen molar-refractivity contribution >= 4 is 5.82 Å². The van der Waals surface area contributed by atoms with Gasteiger partial charge in [0.25, 0.3) is 0 Å². The van der Waals surface area contributed by atoms with E-state index in [2.05, 4.69) is 42.3 Å². The molecule has 0 radical (unpaired) electrons. The average molecular weight is 289 g/mol. The van der Waals surface area contributed by atoms with Crippen LogP contribution < -0.4 is 10.2 Å². The summed E-state index contributed by atoms with van der Waals surface area (Å²) in [7, 11) is 0. The van der Waals surface area contributed by atoms with Crippen molar-refractivity contribution < 1.29 is 4.74 Å². The number of nitrogens with one attached hydrogen (secondary N) is 1. The lowest BCUT2D eigenvalue weighted by Gasteiger charge is -2.38. The Morgan fingerprint density at radius 1 is 1.38 bits per heavy atom. The minimum Gasteiger partial charge on any atom is -0.374 e. The molecule has 0 bridgehead atoms. The molecule has 1 aromatic rings. The van der Waals surface area contributed by atoms with Crippen LogP contribution in [-0.4, -0.2) is 36.8 Å². The lowest BCUT2D eigenvalue weighted by molar-refractivity contribution is 0.0253. The third-order valence-electron chi connectivity index (χ3n) is 4.43. The summed E-state index contributed by atoms with van der Waals surface area (Å²) in [5, 5.41) is 3.47. The summed E-state index contributed by atoms with van der Waals surface area (Å²) in [5.41, 5.74) is 1.13. The Labute approximate surface area is 127 Å². The van der Waals surface area contributed by atoms with Crippen molar-refractivity contribution in [3.05, 3.63) is 23.9 Å². The Kier molecular flexibility index (Phi) is 4.76. The molecule has 4 nitrogen and oxygen atoms in total. The first-order valence-corrected chi connectivity index (χ1v) is 8.29. The van der Waals surface area contributed by atoms with Crippen LogP contribution >= 0.6 is 0 Å². The van der Waals surface area contributed by atoms with Crippen LogP contribution in [0.4, 0.5) is 5.82 Å². The third kappa shape index (κ3) is 3.55. The Hall–Kier alpha value is -1.13. The van der Waals surface area contributed by atoms with E-state index in [-0.39, 0.29) is 0 Å². The summed E-state index contributed by atoms with van der Waals surface area (Å²) in [6.07, 6.45) is 4.14. The summed E-state index contributed by atoms with van der Waals surface area (Å²) < 4.78 is 5.89. The molecule has 4 heteroatoms. The lowest BCUT2D eigenvalue weighted by Crippen LogP contribution is -2.49. The summed E-state index contributed by atoms with van der Waals surface area (Å²) in [5.74, 6) is 1.80. The predicted molar refractivity (Wildman–Crippen MR) is 85.5 cm³/mol. The maximum atomic E-state index is 5.89.